The van der Waals surface area contributed by atoms with Crippen LogP contribution in [0.5, 0.6) is 0 Å². The number of aryl methyl sites for hydroxylation is 1. The van der Waals surface area contributed by atoms with E-state index in [1.807, 2.05) is 31.2 Å². The maximum absolute atomic E-state index is 12.3. The topological polar surface area (TPSA) is 94.0 Å². The molecule has 0 saturated heterocycles. The summed E-state index contributed by atoms with van der Waals surface area (Å²) in [6.45, 7) is 2.39. The maximum atomic E-state index is 12.3. The van der Waals surface area contributed by atoms with Gasteiger partial charge in [-0.15, -0.1) is 5.10 Å². The fraction of sp³-hybridized carbons (Fsp3) is 0.211. The quantitative estimate of drug-likeness (QED) is 0.581. The molecule has 9 heteroatoms. The molecular weight excluding hydrogens is 444 g/mol. The first-order valence-corrected chi connectivity index (χ1v) is 11.0. The average Bonchev–Trinajstić information content (AvgIpc) is 3.09. The number of anilines is 1. The van der Waals surface area contributed by atoms with Gasteiger partial charge in [0.1, 0.15) is 6.33 Å². The van der Waals surface area contributed by atoms with E-state index >= 15 is 0 Å². The minimum atomic E-state index is -3.51. The summed E-state index contributed by atoms with van der Waals surface area (Å²) in [4.78, 5) is 16.3. The summed E-state index contributed by atoms with van der Waals surface area (Å²) in [7, 11) is -3.51. The third kappa shape index (κ3) is 5.49. The van der Waals surface area contributed by atoms with E-state index in [0.717, 1.165) is 15.6 Å². The number of aromatic nitrogens is 3. The number of sulfone groups is 1. The van der Waals surface area contributed by atoms with E-state index in [1.54, 1.807) is 28.9 Å². The highest BCUT2D eigenvalue weighted by Gasteiger charge is 2.17. The Labute approximate surface area is 171 Å². The van der Waals surface area contributed by atoms with Gasteiger partial charge in [-0.2, -0.15) is 0 Å². The van der Waals surface area contributed by atoms with Gasteiger partial charge < -0.3 is 0 Å². The predicted octanol–water partition coefficient (Wildman–Crippen LogP) is 3.20. The summed E-state index contributed by atoms with van der Waals surface area (Å²) >= 11 is 3.38. The Morgan fingerprint density at radius 1 is 1.11 bits per heavy atom. The van der Waals surface area contributed by atoms with Crippen LogP contribution in [0.1, 0.15) is 17.5 Å². The predicted molar refractivity (Wildman–Crippen MR) is 110 cm³/mol. The Balaban J connectivity index is 1.54. The Kier molecular flexibility index (Phi) is 6.25. The van der Waals surface area contributed by atoms with Crippen molar-refractivity contribution in [3.63, 3.8) is 0 Å². The lowest BCUT2D eigenvalue weighted by molar-refractivity contribution is -0.115. The van der Waals surface area contributed by atoms with E-state index in [1.165, 1.54) is 6.33 Å². The second-order valence-electron chi connectivity index (χ2n) is 6.32. The number of amides is 1. The molecule has 0 fully saturated rings. The molecule has 1 N–H and O–H groups in total. The molecule has 2 aromatic carbocycles. The third-order valence-corrected chi connectivity index (χ3v) is 6.28. The SMILES string of the molecule is Cc1ccc(S(=O)(=O)CCC(=O)Nc2ncn(Cc3ccc(Br)cc3)n2)cc1. The molecule has 3 rings (SSSR count). The molecule has 7 nitrogen and oxygen atoms in total. The van der Waals surface area contributed by atoms with E-state index in [-0.39, 0.29) is 23.0 Å². The molecular formula is C19H19BrN4O3S. The number of carbonyl (C=O) groups excluding carboxylic acids is 1. The molecule has 0 radical (unpaired) electrons. The Bertz CT molecular complexity index is 1060. The molecule has 0 saturated carbocycles. The summed E-state index contributed by atoms with van der Waals surface area (Å²) in [5.74, 6) is -0.575. The van der Waals surface area contributed by atoms with E-state index in [4.69, 9.17) is 0 Å². The van der Waals surface area contributed by atoms with Gasteiger partial charge in [0.2, 0.25) is 11.9 Å². The normalized spacial score (nSPS) is 11.4. The van der Waals surface area contributed by atoms with Crippen LogP contribution < -0.4 is 5.32 Å². The Morgan fingerprint density at radius 3 is 2.46 bits per heavy atom. The molecule has 0 bridgehead atoms. The molecule has 1 amide bonds. The number of benzene rings is 2. The highest BCUT2D eigenvalue weighted by Crippen LogP contribution is 2.14. The number of hydrogen-bond acceptors (Lipinski definition) is 5. The molecule has 0 aliphatic rings. The van der Waals surface area contributed by atoms with Gasteiger partial charge in [0.05, 0.1) is 17.2 Å². The van der Waals surface area contributed by atoms with Crippen molar-refractivity contribution < 1.29 is 13.2 Å². The van der Waals surface area contributed by atoms with Crippen LogP contribution in [-0.4, -0.2) is 34.8 Å². The number of hydrogen-bond donors (Lipinski definition) is 1. The largest absolute Gasteiger partial charge is 0.293 e. The summed E-state index contributed by atoms with van der Waals surface area (Å²) < 4.78 is 27.2. The maximum Gasteiger partial charge on any atom is 0.248 e. The zero-order valence-electron chi connectivity index (χ0n) is 15.2. The summed E-state index contributed by atoms with van der Waals surface area (Å²) in [6.07, 6.45) is 1.35. The van der Waals surface area contributed by atoms with Gasteiger partial charge in [0.25, 0.3) is 0 Å². The lowest BCUT2D eigenvalue weighted by atomic mass is 10.2. The number of nitrogens with one attached hydrogen (secondary N) is 1. The van der Waals surface area contributed by atoms with Crippen molar-refractivity contribution >= 4 is 37.6 Å². The van der Waals surface area contributed by atoms with Crippen LogP contribution in [-0.2, 0) is 21.2 Å². The molecule has 0 spiro atoms. The molecule has 1 heterocycles. The van der Waals surface area contributed by atoms with E-state index in [9.17, 15) is 13.2 Å². The van der Waals surface area contributed by atoms with Crippen molar-refractivity contribution in [2.75, 3.05) is 11.1 Å². The number of nitrogens with zero attached hydrogens (tertiary/aromatic N) is 3. The van der Waals surface area contributed by atoms with Crippen LogP contribution in [0.15, 0.2) is 64.2 Å². The van der Waals surface area contributed by atoms with Gasteiger partial charge >= 0.3 is 0 Å². The third-order valence-electron chi connectivity index (χ3n) is 4.02. The van der Waals surface area contributed by atoms with E-state index in [0.29, 0.717) is 6.54 Å². The fourth-order valence-electron chi connectivity index (χ4n) is 2.48. The van der Waals surface area contributed by atoms with Gasteiger partial charge in [-0.3, -0.25) is 10.1 Å². The van der Waals surface area contributed by atoms with Crippen molar-refractivity contribution in [2.45, 2.75) is 24.8 Å². The van der Waals surface area contributed by atoms with Gasteiger partial charge in [-0.1, -0.05) is 45.8 Å². The van der Waals surface area contributed by atoms with Gasteiger partial charge in [-0.25, -0.2) is 18.1 Å². The second-order valence-corrected chi connectivity index (χ2v) is 9.35. The van der Waals surface area contributed by atoms with E-state index < -0.39 is 15.7 Å². The van der Waals surface area contributed by atoms with E-state index in [2.05, 4.69) is 31.3 Å². The van der Waals surface area contributed by atoms with Gasteiger partial charge in [0.15, 0.2) is 9.84 Å². The second kappa shape index (κ2) is 8.66. The van der Waals surface area contributed by atoms with Crippen LogP contribution in [0.4, 0.5) is 5.95 Å². The Hall–Kier alpha value is -2.52. The lowest BCUT2D eigenvalue weighted by Gasteiger charge is -2.05. The van der Waals surface area contributed by atoms with Crippen molar-refractivity contribution in [3.05, 3.63) is 70.5 Å². The highest BCUT2D eigenvalue weighted by molar-refractivity contribution is 9.10. The molecule has 0 unspecified atom stereocenters. The van der Waals surface area contributed by atoms with Crippen LogP contribution in [0.2, 0.25) is 0 Å². The molecule has 0 aliphatic carbocycles. The number of rotatable bonds is 7. The van der Waals surface area contributed by atoms with Crippen LogP contribution in [0, 0.1) is 6.92 Å². The first-order valence-electron chi connectivity index (χ1n) is 8.55. The molecule has 1 aromatic heterocycles. The zero-order chi connectivity index (χ0) is 20.1. The molecule has 0 aliphatic heterocycles. The number of halogens is 1. The van der Waals surface area contributed by atoms with Crippen LogP contribution in [0.3, 0.4) is 0 Å². The first kappa shape index (κ1) is 20.2. The highest BCUT2D eigenvalue weighted by atomic mass is 79.9. The molecule has 3 aromatic rings. The molecule has 28 heavy (non-hydrogen) atoms. The molecule has 0 atom stereocenters. The van der Waals surface area contributed by atoms with Crippen molar-refractivity contribution in [2.24, 2.45) is 0 Å². The van der Waals surface area contributed by atoms with Crippen molar-refractivity contribution in [1.29, 1.82) is 0 Å². The van der Waals surface area contributed by atoms with Crippen LogP contribution >= 0.6 is 15.9 Å². The fourth-order valence-corrected chi connectivity index (χ4v) is 3.99. The lowest BCUT2D eigenvalue weighted by Crippen LogP contribution is -2.18. The number of carbonyl (C=O) groups is 1. The standard InChI is InChI=1S/C19H19BrN4O3S/c1-14-2-8-17(9-3-14)28(26,27)11-10-18(25)22-19-21-13-24(23-19)12-15-4-6-16(20)7-5-15/h2-9,13H,10-12H2,1H3,(H,22,23,25). The summed E-state index contributed by atoms with van der Waals surface area (Å²) in [5, 5.41) is 6.73. The van der Waals surface area contributed by atoms with Crippen molar-refractivity contribution in [1.82, 2.24) is 14.8 Å². The van der Waals surface area contributed by atoms with Crippen LogP contribution in [0.25, 0.3) is 0 Å². The summed E-state index contributed by atoms with van der Waals surface area (Å²) in [5.41, 5.74) is 2.01. The minimum Gasteiger partial charge on any atom is -0.293 e. The molecule has 146 valence electrons. The first-order chi connectivity index (χ1) is 13.3. The summed E-state index contributed by atoms with van der Waals surface area (Å²) in [6, 6.07) is 14.3. The van der Waals surface area contributed by atoms with Gasteiger partial charge in [0, 0.05) is 10.9 Å². The monoisotopic (exact) mass is 462 g/mol. The van der Waals surface area contributed by atoms with Gasteiger partial charge in [-0.05, 0) is 36.8 Å². The Morgan fingerprint density at radius 2 is 1.79 bits per heavy atom. The van der Waals surface area contributed by atoms with Crippen molar-refractivity contribution in [3.8, 4) is 0 Å². The smallest absolute Gasteiger partial charge is 0.248 e. The minimum absolute atomic E-state index is 0.148. The zero-order valence-corrected chi connectivity index (χ0v) is 17.6. The average molecular weight is 463 g/mol.